The van der Waals surface area contributed by atoms with E-state index in [-0.39, 0.29) is 0 Å². The third-order valence-corrected chi connectivity index (χ3v) is 1.97. The Labute approximate surface area is 94.8 Å². The van der Waals surface area contributed by atoms with Crippen molar-refractivity contribution in [3.8, 4) is 11.8 Å². The number of likely N-dealkylation sites (N-methyl/N-ethyl adjacent to an activating group) is 1. The van der Waals surface area contributed by atoms with Crippen molar-refractivity contribution in [3.63, 3.8) is 0 Å². The van der Waals surface area contributed by atoms with Crippen molar-refractivity contribution >= 4 is 5.95 Å². The molecular weight excluding hydrogens is 210 g/mol. The van der Waals surface area contributed by atoms with Gasteiger partial charge in [-0.25, -0.2) is 0 Å². The molecule has 0 spiro atoms. The van der Waals surface area contributed by atoms with Gasteiger partial charge in [0.15, 0.2) is 0 Å². The van der Waals surface area contributed by atoms with E-state index in [0.717, 1.165) is 0 Å². The van der Waals surface area contributed by atoms with Gasteiger partial charge in [0.25, 0.3) is 0 Å². The van der Waals surface area contributed by atoms with Gasteiger partial charge in [0.1, 0.15) is 0 Å². The van der Waals surface area contributed by atoms with Crippen LogP contribution in [0.25, 0.3) is 0 Å². The number of hydrogen-bond acceptors (Lipinski definition) is 6. The second-order valence-corrected chi connectivity index (χ2v) is 3.48. The standard InChI is InChI=1S/C10H17N3O3/c1-7(14)6-13(2)10-11-8(15-3)5-9(12-10)16-4/h5,7,14H,6H2,1-4H3. The van der Waals surface area contributed by atoms with Gasteiger partial charge < -0.3 is 19.5 Å². The first-order valence-electron chi connectivity index (χ1n) is 4.93. The van der Waals surface area contributed by atoms with E-state index >= 15 is 0 Å². The van der Waals surface area contributed by atoms with E-state index in [9.17, 15) is 5.11 Å². The van der Waals surface area contributed by atoms with E-state index in [1.165, 1.54) is 14.2 Å². The monoisotopic (exact) mass is 227 g/mol. The number of nitrogens with zero attached hydrogens (tertiary/aromatic N) is 3. The summed E-state index contributed by atoms with van der Waals surface area (Å²) in [5.41, 5.74) is 0. The maximum Gasteiger partial charge on any atom is 0.231 e. The predicted molar refractivity (Wildman–Crippen MR) is 60.1 cm³/mol. The van der Waals surface area contributed by atoms with E-state index in [2.05, 4.69) is 9.97 Å². The highest BCUT2D eigenvalue weighted by molar-refractivity contribution is 5.35. The predicted octanol–water partition coefficient (Wildman–Crippen LogP) is 0.311. The molecule has 1 atom stereocenters. The number of anilines is 1. The molecule has 0 aliphatic rings. The maximum absolute atomic E-state index is 9.28. The minimum Gasteiger partial charge on any atom is -0.481 e. The molecular formula is C10H17N3O3. The molecule has 90 valence electrons. The van der Waals surface area contributed by atoms with Crippen molar-refractivity contribution < 1.29 is 14.6 Å². The fourth-order valence-electron chi connectivity index (χ4n) is 1.25. The zero-order valence-electron chi connectivity index (χ0n) is 9.97. The molecule has 1 N–H and O–H groups in total. The molecule has 1 unspecified atom stereocenters. The number of aliphatic hydroxyl groups is 1. The van der Waals surface area contributed by atoms with Crippen LogP contribution in [0.2, 0.25) is 0 Å². The van der Waals surface area contributed by atoms with Crippen LogP contribution >= 0.6 is 0 Å². The molecule has 0 aliphatic carbocycles. The summed E-state index contributed by atoms with van der Waals surface area (Å²) in [4.78, 5) is 10.0. The SMILES string of the molecule is COc1cc(OC)nc(N(C)CC(C)O)n1. The second-order valence-electron chi connectivity index (χ2n) is 3.48. The molecule has 0 radical (unpaired) electrons. The first kappa shape index (κ1) is 12.5. The van der Waals surface area contributed by atoms with E-state index in [1.807, 2.05) is 0 Å². The van der Waals surface area contributed by atoms with Crippen molar-refractivity contribution in [2.45, 2.75) is 13.0 Å². The topological polar surface area (TPSA) is 67.7 Å². The van der Waals surface area contributed by atoms with Gasteiger partial charge in [-0.05, 0) is 6.92 Å². The summed E-state index contributed by atoms with van der Waals surface area (Å²) in [6.45, 7) is 2.14. The lowest BCUT2D eigenvalue weighted by Crippen LogP contribution is -2.28. The van der Waals surface area contributed by atoms with Crippen LogP contribution in [0.15, 0.2) is 6.07 Å². The van der Waals surface area contributed by atoms with E-state index in [0.29, 0.717) is 24.3 Å². The Morgan fingerprint density at radius 1 is 1.31 bits per heavy atom. The Morgan fingerprint density at radius 2 is 1.81 bits per heavy atom. The first-order valence-corrected chi connectivity index (χ1v) is 4.93. The lowest BCUT2D eigenvalue weighted by Gasteiger charge is -2.19. The van der Waals surface area contributed by atoms with Crippen LogP contribution in [-0.4, -0.2) is 49.0 Å². The lowest BCUT2D eigenvalue weighted by atomic mass is 10.4. The number of methoxy groups -OCH3 is 2. The molecule has 0 saturated carbocycles. The lowest BCUT2D eigenvalue weighted by molar-refractivity contribution is 0.201. The molecule has 6 nitrogen and oxygen atoms in total. The van der Waals surface area contributed by atoms with Crippen molar-refractivity contribution in [1.29, 1.82) is 0 Å². The minimum atomic E-state index is -0.453. The van der Waals surface area contributed by atoms with Gasteiger partial charge in [-0.1, -0.05) is 0 Å². The first-order chi connectivity index (χ1) is 7.56. The number of rotatable bonds is 5. The molecule has 0 aliphatic heterocycles. The Balaban J connectivity index is 2.93. The summed E-state index contributed by atoms with van der Waals surface area (Å²) in [5.74, 6) is 1.32. The number of aromatic nitrogens is 2. The third kappa shape index (κ3) is 3.23. The van der Waals surface area contributed by atoms with E-state index in [4.69, 9.17) is 9.47 Å². The molecule has 16 heavy (non-hydrogen) atoms. The van der Waals surface area contributed by atoms with Crippen LogP contribution in [0.1, 0.15) is 6.92 Å². The zero-order chi connectivity index (χ0) is 12.1. The Bertz CT molecular complexity index is 322. The molecule has 0 amide bonds. The number of ether oxygens (including phenoxy) is 2. The van der Waals surface area contributed by atoms with Crippen molar-refractivity contribution in [2.75, 3.05) is 32.7 Å². The summed E-state index contributed by atoms with van der Waals surface area (Å²) in [6.07, 6.45) is -0.453. The van der Waals surface area contributed by atoms with Gasteiger partial charge in [0, 0.05) is 13.6 Å². The Kier molecular flexibility index (Phi) is 4.30. The quantitative estimate of drug-likeness (QED) is 0.781. The molecule has 0 bridgehead atoms. The summed E-state index contributed by atoms with van der Waals surface area (Å²) >= 11 is 0. The van der Waals surface area contributed by atoms with Gasteiger partial charge in [-0.3, -0.25) is 0 Å². The zero-order valence-corrected chi connectivity index (χ0v) is 9.97. The number of aliphatic hydroxyl groups excluding tert-OH is 1. The second kappa shape index (κ2) is 5.50. The summed E-state index contributed by atoms with van der Waals surface area (Å²) in [7, 11) is 4.85. The van der Waals surface area contributed by atoms with Crippen molar-refractivity contribution in [1.82, 2.24) is 9.97 Å². The average molecular weight is 227 g/mol. The Hall–Kier alpha value is -1.56. The molecule has 1 aromatic rings. The fraction of sp³-hybridized carbons (Fsp3) is 0.600. The molecule has 1 rings (SSSR count). The fourth-order valence-corrected chi connectivity index (χ4v) is 1.25. The molecule has 0 fully saturated rings. The van der Waals surface area contributed by atoms with Crippen LogP contribution in [0, 0.1) is 0 Å². The Morgan fingerprint density at radius 3 is 2.19 bits per heavy atom. The summed E-state index contributed by atoms with van der Waals surface area (Å²) in [6, 6.07) is 1.60. The molecule has 1 heterocycles. The van der Waals surface area contributed by atoms with Gasteiger partial charge >= 0.3 is 0 Å². The summed E-state index contributed by atoms with van der Waals surface area (Å²) in [5, 5.41) is 9.28. The molecule has 0 saturated heterocycles. The van der Waals surface area contributed by atoms with Gasteiger partial charge in [0.05, 0.1) is 26.4 Å². The van der Waals surface area contributed by atoms with Crippen LogP contribution < -0.4 is 14.4 Å². The molecule has 6 heteroatoms. The smallest absolute Gasteiger partial charge is 0.231 e. The number of hydrogen-bond donors (Lipinski definition) is 1. The highest BCUT2D eigenvalue weighted by Crippen LogP contribution is 2.19. The van der Waals surface area contributed by atoms with E-state index < -0.39 is 6.10 Å². The van der Waals surface area contributed by atoms with Crippen LogP contribution in [0.5, 0.6) is 11.8 Å². The maximum atomic E-state index is 9.28. The van der Waals surface area contributed by atoms with Crippen molar-refractivity contribution in [2.24, 2.45) is 0 Å². The molecule has 1 aromatic heterocycles. The van der Waals surface area contributed by atoms with Gasteiger partial charge in [-0.2, -0.15) is 9.97 Å². The molecule has 0 aromatic carbocycles. The van der Waals surface area contributed by atoms with Crippen LogP contribution in [0.4, 0.5) is 5.95 Å². The minimum absolute atomic E-state index is 0.430. The largest absolute Gasteiger partial charge is 0.481 e. The van der Waals surface area contributed by atoms with Crippen LogP contribution in [0.3, 0.4) is 0 Å². The normalized spacial score (nSPS) is 12.1. The average Bonchev–Trinajstić information content (AvgIpc) is 2.27. The highest BCUT2D eigenvalue weighted by Gasteiger charge is 2.11. The van der Waals surface area contributed by atoms with Crippen LogP contribution in [-0.2, 0) is 0 Å². The van der Waals surface area contributed by atoms with Gasteiger partial charge in [0.2, 0.25) is 17.7 Å². The van der Waals surface area contributed by atoms with Crippen molar-refractivity contribution in [3.05, 3.63) is 6.07 Å². The summed E-state index contributed by atoms with van der Waals surface area (Å²) < 4.78 is 10.1. The van der Waals surface area contributed by atoms with Gasteiger partial charge in [-0.15, -0.1) is 0 Å². The third-order valence-electron chi connectivity index (χ3n) is 1.97. The highest BCUT2D eigenvalue weighted by atomic mass is 16.5. The van der Waals surface area contributed by atoms with E-state index in [1.54, 1.807) is 24.9 Å².